The third-order valence-corrected chi connectivity index (χ3v) is 4.47. The van der Waals surface area contributed by atoms with E-state index in [0.29, 0.717) is 4.91 Å². The Morgan fingerprint density at radius 3 is 2.55 bits per heavy atom. The highest BCUT2D eigenvalue weighted by molar-refractivity contribution is 8.18. The molecule has 5 heteroatoms. The molecule has 3 rings (SSSR count). The maximum atomic E-state index is 11.9. The zero-order valence-electron chi connectivity index (χ0n) is 11.1. The normalized spacial score (nSPS) is 21.4. The van der Waals surface area contributed by atoms with Gasteiger partial charge in [0.2, 0.25) is 0 Å². The van der Waals surface area contributed by atoms with Gasteiger partial charge in [-0.05, 0) is 54.8 Å². The van der Waals surface area contributed by atoms with Gasteiger partial charge < -0.3 is 10.0 Å². The summed E-state index contributed by atoms with van der Waals surface area (Å²) in [7, 11) is 0. The highest BCUT2D eigenvalue weighted by atomic mass is 32.2. The summed E-state index contributed by atoms with van der Waals surface area (Å²) >= 11 is 1.45. The van der Waals surface area contributed by atoms with E-state index in [0.717, 1.165) is 23.8 Å². The first-order valence-electron chi connectivity index (χ1n) is 6.79. The molecule has 1 saturated heterocycles. The van der Waals surface area contributed by atoms with Crippen molar-refractivity contribution in [2.45, 2.75) is 19.3 Å². The molecule has 1 N–H and O–H groups in total. The van der Waals surface area contributed by atoms with Gasteiger partial charge in [-0.1, -0.05) is 12.1 Å². The number of phenols is 1. The highest BCUT2D eigenvalue weighted by Gasteiger charge is 2.26. The van der Waals surface area contributed by atoms with Crippen LogP contribution in [-0.4, -0.2) is 34.2 Å². The van der Waals surface area contributed by atoms with E-state index in [1.54, 1.807) is 24.3 Å². The molecular formula is C15H16N2O2S. The second kappa shape index (κ2) is 5.71. The SMILES string of the molecule is O=C1N=C(N2CCCCC2)S/C1=C/c1ccc(O)cc1. The fourth-order valence-electron chi connectivity index (χ4n) is 2.34. The molecule has 0 radical (unpaired) electrons. The van der Waals surface area contributed by atoms with Crippen molar-refractivity contribution in [1.29, 1.82) is 0 Å². The Bertz CT molecular complexity index is 572. The Balaban J connectivity index is 1.74. The van der Waals surface area contributed by atoms with Crippen LogP contribution in [0.15, 0.2) is 34.2 Å². The van der Waals surface area contributed by atoms with Crippen LogP contribution in [0, 0.1) is 0 Å². The molecule has 2 heterocycles. The van der Waals surface area contributed by atoms with Crippen LogP contribution in [0.4, 0.5) is 0 Å². The number of thioether (sulfide) groups is 1. The van der Waals surface area contributed by atoms with Crippen molar-refractivity contribution in [2.75, 3.05) is 13.1 Å². The molecule has 1 amide bonds. The largest absolute Gasteiger partial charge is 0.508 e. The molecular weight excluding hydrogens is 272 g/mol. The van der Waals surface area contributed by atoms with Gasteiger partial charge in [-0.15, -0.1) is 0 Å². The van der Waals surface area contributed by atoms with Gasteiger partial charge in [-0.3, -0.25) is 4.79 Å². The van der Waals surface area contributed by atoms with Crippen molar-refractivity contribution in [3.63, 3.8) is 0 Å². The number of likely N-dealkylation sites (tertiary alicyclic amines) is 1. The maximum absolute atomic E-state index is 11.9. The van der Waals surface area contributed by atoms with Gasteiger partial charge in [0.15, 0.2) is 5.17 Å². The first-order chi connectivity index (χ1) is 9.72. The lowest BCUT2D eigenvalue weighted by Gasteiger charge is -2.27. The van der Waals surface area contributed by atoms with E-state index >= 15 is 0 Å². The van der Waals surface area contributed by atoms with Crippen molar-refractivity contribution in [3.05, 3.63) is 34.7 Å². The molecule has 2 aliphatic rings. The van der Waals surface area contributed by atoms with E-state index in [1.807, 2.05) is 6.08 Å². The lowest BCUT2D eigenvalue weighted by Crippen LogP contribution is -2.33. The molecule has 1 aromatic rings. The lowest BCUT2D eigenvalue weighted by atomic mass is 10.1. The molecule has 0 spiro atoms. The van der Waals surface area contributed by atoms with Crippen LogP contribution in [0.1, 0.15) is 24.8 Å². The predicted molar refractivity (Wildman–Crippen MR) is 81.5 cm³/mol. The van der Waals surface area contributed by atoms with E-state index < -0.39 is 0 Å². The minimum Gasteiger partial charge on any atom is -0.508 e. The van der Waals surface area contributed by atoms with Crippen LogP contribution in [-0.2, 0) is 4.79 Å². The minimum absolute atomic E-state index is 0.163. The van der Waals surface area contributed by atoms with Crippen LogP contribution in [0.3, 0.4) is 0 Å². The number of nitrogens with zero attached hydrogens (tertiary/aromatic N) is 2. The van der Waals surface area contributed by atoms with Gasteiger partial charge >= 0.3 is 0 Å². The summed E-state index contributed by atoms with van der Waals surface area (Å²) in [6.07, 6.45) is 5.43. The van der Waals surface area contributed by atoms with Crippen LogP contribution in [0.2, 0.25) is 0 Å². The number of carbonyl (C=O) groups is 1. The molecule has 0 unspecified atom stereocenters. The molecule has 20 heavy (non-hydrogen) atoms. The van der Waals surface area contributed by atoms with Crippen molar-refractivity contribution < 1.29 is 9.90 Å². The number of hydrogen-bond donors (Lipinski definition) is 1. The van der Waals surface area contributed by atoms with E-state index in [4.69, 9.17) is 0 Å². The third kappa shape index (κ3) is 2.88. The zero-order chi connectivity index (χ0) is 13.9. The van der Waals surface area contributed by atoms with Crippen molar-refractivity contribution in [3.8, 4) is 5.75 Å². The third-order valence-electron chi connectivity index (χ3n) is 3.43. The standard InChI is InChI=1S/C15H16N2O2S/c18-12-6-4-11(5-7-12)10-13-14(19)16-15(20-13)17-8-2-1-3-9-17/h4-7,10,18H,1-3,8-9H2/b13-10+. The number of amides is 1. The van der Waals surface area contributed by atoms with E-state index in [9.17, 15) is 9.90 Å². The van der Waals surface area contributed by atoms with E-state index in [1.165, 1.54) is 31.0 Å². The molecule has 104 valence electrons. The van der Waals surface area contributed by atoms with Gasteiger partial charge in [0.1, 0.15) is 5.75 Å². The zero-order valence-corrected chi connectivity index (χ0v) is 11.9. The number of carbonyl (C=O) groups excluding carboxylic acids is 1. The summed E-state index contributed by atoms with van der Waals surface area (Å²) in [5, 5.41) is 10.1. The number of rotatable bonds is 1. The Labute approximate surface area is 122 Å². The van der Waals surface area contributed by atoms with Gasteiger partial charge in [0, 0.05) is 13.1 Å². The first-order valence-corrected chi connectivity index (χ1v) is 7.60. The Kier molecular flexibility index (Phi) is 3.78. The molecule has 0 bridgehead atoms. The van der Waals surface area contributed by atoms with Gasteiger partial charge in [-0.25, -0.2) is 0 Å². The Morgan fingerprint density at radius 2 is 1.85 bits per heavy atom. The van der Waals surface area contributed by atoms with E-state index in [-0.39, 0.29) is 11.7 Å². The van der Waals surface area contributed by atoms with Crippen LogP contribution in [0.5, 0.6) is 5.75 Å². The molecule has 1 fully saturated rings. The van der Waals surface area contributed by atoms with Crippen LogP contribution >= 0.6 is 11.8 Å². The Morgan fingerprint density at radius 1 is 1.15 bits per heavy atom. The fraction of sp³-hybridized carbons (Fsp3) is 0.333. The summed E-state index contributed by atoms with van der Waals surface area (Å²) in [4.78, 5) is 18.9. The molecule has 4 nitrogen and oxygen atoms in total. The number of hydrogen-bond acceptors (Lipinski definition) is 4. The average molecular weight is 288 g/mol. The van der Waals surface area contributed by atoms with Crippen molar-refractivity contribution in [2.24, 2.45) is 4.99 Å². The molecule has 0 aliphatic carbocycles. The number of phenolic OH excluding ortho intramolecular Hbond substituents is 1. The highest BCUT2D eigenvalue weighted by Crippen LogP contribution is 2.31. The minimum atomic E-state index is -0.163. The number of piperidine rings is 1. The average Bonchev–Trinajstić information content (AvgIpc) is 2.84. The quantitative estimate of drug-likeness (QED) is 0.807. The number of aromatic hydroxyl groups is 1. The molecule has 0 atom stereocenters. The van der Waals surface area contributed by atoms with E-state index in [2.05, 4.69) is 9.89 Å². The summed E-state index contributed by atoms with van der Waals surface area (Å²) < 4.78 is 0. The second-order valence-electron chi connectivity index (χ2n) is 4.95. The lowest BCUT2D eigenvalue weighted by molar-refractivity contribution is -0.113. The van der Waals surface area contributed by atoms with Crippen LogP contribution in [0.25, 0.3) is 6.08 Å². The molecule has 0 aromatic heterocycles. The molecule has 1 aromatic carbocycles. The number of aliphatic imine (C=N–C) groups is 1. The Hall–Kier alpha value is -1.75. The molecule has 0 saturated carbocycles. The van der Waals surface area contributed by atoms with Crippen LogP contribution < -0.4 is 0 Å². The van der Waals surface area contributed by atoms with Gasteiger partial charge in [0.05, 0.1) is 4.91 Å². The summed E-state index contributed by atoms with van der Waals surface area (Å²) in [6, 6.07) is 6.80. The maximum Gasteiger partial charge on any atom is 0.286 e. The summed E-state index contributed by atoms with van der Waals surface area (Å²) in [6.45, 7) is 1.98. The smallest absolute Gasteiger partial charge is 0.286 e. The summed E-state index contributed by atoms with van der Waals surface area (Å²) in [5.74, 6) is 0.0615. The summed E-state index contributed by atoms with van der Waals surface area (Å²) in [5.41, 5.74) is 0.897. The topological polar surface area (TPSA) is 52.9 Å². The monoisotopic (exact) mass is 288 g/mol. The molecule has 2 aliphatic heterocycles. The number of benzene rings is 1. The first kappa shape index (κ1) is 13.2. The van der Waals surface area contributed by atoms with Gasteiger partial charge in [0.25, 0.3) is 5.91 Å². The fourth-order valence-corrected chi connectivity index (χ4v) is 3.31. The van der Waals surface area contributed by atoms with Crippen molar-refractivity contribution >= 4 is 28.9 Å². The second-order valence-corrected chi connectivity index (χ2v) is 5.96. The van der Waals surface area contributed by atoms with Crippen molar-refractivity contribution in [1.82, 2.24) is 4.90 Å². The van der Waals surface area contributed by atoms with Gasteiger partial charge in [-0.2, -0.15) is 4.99 Å². The predicted octanol–water partition coefficient (Wildman–Crippen LogP) is 2.85. The number of amidine groups is 1.